The first-order valence-electron chi connectivity index (χ1n) is 8.18. The molecular weight excluding hydrogens is 310 g/mol. The van der Waals surface area contributed by atoms with E-state index in [0.717, 1.165) is 12.8 Å². The Kier molecular flexibility index (Phi) is 5.30. The average Bonchev–Trinajstić information content (AvgIpc) is 2.97. The molecule has 0 saturated carbocycles. The van der Waals surface area contributed by atoms with Gasteiger partial charge in [-0.3, -0.25) is 4.79 Å². The number of hydrogen-bond acceptors (Lipinski definition) is 4. The van der Waals surface area contributed by atoms with E-state index in [0.29, 0.717) is 39.0 Å². The van der Waals surface area contributed by atoms with Gasteiger partial charge in [0.1, 0.15) is 0 Å². The Morgan fingerprint density at radius 1 is 1.30 bits per heavy atom. The van der Waals surface area contributed by atoms with Crippen LogP contribution in [0.2, 0.25) is 0 Å². The van der Waals surface area contributed by atoms with Crippen molar-refractivity contribution in [1.29, 1.82) is 0 Å². The second-order valence-electron chi connectivity index (χ2n) is 6.22. The van der Waals surface area contributed by atoms with Crippen LogP contribution >= 0.6 is 11.3 Å². The van der Waals surface area contributed by atoms with Crippen molar-refractivity contribution in [2.24, 2.45) is 0 Å². The molecule has 1 amide bonds. The average molecular weight is 333 g/mol. The number of rotatable bonds is 6. The molecule has 2 N–H and O–H groups in total. The number of carbonyl (C=O) groups excluding carboxylic acids is 1. The van der Waals surface area contributed by atoms with Gasteiger partial charge >= 0.3 is 0 Å². The van der Waals surface area contributed by atoms with Crippen molar-refractivity contribution in [1.82, 2.24) is 5.32 Å². The Morgan fingerprint density at radius 2 is 2.09 bits per heavy atom. The van der Waals surface area contributed by atoms with Gasteiger partial charge in [-0.25, -0.2) is 0 Å². The first-order chi connectivity index (χ1) is 11.2. The van der Waals surface area contributed by atoms with Crippen LogP contribution in [0.5, 0.6) is 0 Å². The smallest absolute Gasteiger partial charge is 0.220 e. The molecule has 2 aromatic rings. The molecule has 0 aliphatic carbocycles. The third kappa shape index (κ3) is 4.31. The minimum absolute atomic E-state index is 0.0180. The second-order valence-corrected chi connectivity index (χ2v) is 7.14. The van der Waals surface area contributed by atoms with E-state index < -0.39 is 5.60 Å². The van der Waals surface area contributed by atoms with Crippen molar-refractivity contribution in [2.45, 2.75) is 37.7 Å². The molecule has 1 aromatic carbocycles. The maximum absolute atomic E-state index is 12.0. The number of thiophene rings is 1. The number of aryl methyl sites for hydroxylation is 1. The van der Waals surface area contributed by atoms with Crippen LogP contribution in [0.15, 0.2) is 29.6 Å². The Labute approximate surface area is 140 Å². The predicted molar refractivity (Wildman–Crippen MR) is 92.8 cm³/mol. The Bertz CT molecular complexity index is 661. The molecule has 2 heterocycles. The number of nitrogens with one attached hydrogen (secondary N) is 1. The number of hydrogen-bond donors (Lipinski definition) is 2. The summed E-state index contributed by atoms with van der Waals surface area (Å²) < 4.78 is 6.54. The SMILES string of the molecule is O=C(CCCc1csc2ccccc12)NCC1(O)CCOCC1. The first-order valence-corrected chi connectivity index (χ1v) is 9.06. The van der Waals surface area contributed by atoms with E-state index in [4.69, 9.17) is 4.74 Å². The monoisotopic (exact) mass is 333 g/mol. The molecule has 0 unspecified atom stereocenters. The number of ether oxygens (including phenoxy) is 1. The van der Waals surface area contributed by atoms with Gasteiger partial charge in [0.2, 0.25) is 5.91 Å². The van der Waals surface area contributed by atoms with Crippen LogP contribution in [0, 0.1) is 0 Å². The normalized spacial score (nSPS) is 17.3. The van der Waals surface area contributed by atoms with E-state index in [9.17, 15) is 9.90 Å². The Balaban J connectivity index is 1.42. The minimum atomic E-state index is -0.794. The van der Waals surface area contributed by atoms with Crippen LogP contribution in [0.3, 0.4) is 0 Å². The first kappa shape index (κ1) is 16.4. The fourth-order valence-electron chi connectivity index (χ4n) is 2.95. The number of benzene rings is 1. The summed E-state index contributed by atoms with van der Waals surface area (Å²) in [7, 11) is 0. The zero-order chi connectivity index (χ0) is 16.1. The van der Waals surface area contributed by atoms with Crippen molar-refractivity contribution in [3.05, 3.63) is 35.2 Å². The van der Waals surface area contributed by atoms with Gasteiger partial charge in [0.15, 0.2) is 0 Å². The largest absolute Gasteiger partial charge is 0.388 e. The Hall–Kier alpha value is -1.43. The van der Waals surface area contributed by atoms with Gasteiger partial charge in [0.05, 0.1) is 5.60 Å². The summed E-state index contributed by atoms with van der Waals surface area (Å²) >= 11 is 1.76. The minimum Gasteiger partial charge on any atom is -0.388 e. The van der Waals surface area contributed by atoms with E-state index in [1.165, 1.54) is 15.6 Å². The van der Waals surface area contributed by atoms with E-state index in [-0.39, 0.29) is 5.91 Å². The van der Waals surface area contributed by atoms with Gasteiger partial charge in [-0.15, -0.1) is 11.3 Å². The lowest BCUT2D eigenvalue weighted by Gasteiger charge is -2.32. The van der Waals surface area contributed by atoms with Crippen LogP contribution in [0.25, 0.3) is 10.1 Å². The molecule has 3 rings (SSSR count). The molecule has 0 atom stereocenters. The summed E-state index contributed by atoms with van der Waals surface area (Å²) in [5.41, 5.74) is 0.527. The maximum Gasteiger partial charge on any atom is 0.220 e. The molecule has 5 heteroatoms. The molecule has 1 aliphatic heterocycles. The highest BCUT2D eigenvalue weighted by atomic mass is 32.1. The molecule has 4 nitrogen and oxygen atoms in total. The summed E-state index contributed by atoms with van der Waals surface area (Å²) in [5, 5.41) is 16.7. The molecule has 0 bridgehead atoms. The molecule has 1 aliphatic rings. The maximum atomic E-state index is 12.0. The lowest BCUT2D eigenvalue weighted by molar-refractivity contribution is -0.124. The number of carbonyl (C=O) groups is 1. The van der Waals surface area contributed by atoms with Gasteiger partial charge in [-0.1, -0.05) is 18.2 Å². The van der Waals surface area contributed by atoms with Crippen LogP contribution in [-0.2, 0) is 16.0 Å². The van der Waals surface area contributed by atoms with E-state index in [2.05, 4.69) is 35.0 Å². The second kappa shape index (κ2) is 7.43. The molecule has 23 heavy (non-hydrogen) atoms. The number of fused-ring (bicyclic) bond motifs is 1. The zero-order valence-corrected chi connectivity index (χ0v) is 14.0. The fraction of sp³-hybridized carbons (Fsp3) is 0.500. The van der Waals surface area contributed by atoms with Crippen molar-refractivity contribution >= 4 is 27.3 Å². The topological polar surface area (TPSA) is 58.6 Å². The third-order valence-corrected chi connectivity index (χ3v) is 5.46. The van der Waals surface area contributed by atoms with E-state index >= 15 is 0 Å². The molecule has 0 radical (unpaired) electrons. The highest BCUT2D eigenvalue weighted by molar-refractivity contribution is 7.17. The molecule has 1 fully saturated rings. The molecule has 0 spiro atoms. The molecular formula is C18H23NO3S. The van der Waals surface area contributed by atoms with E-state index in [1.54, 1.807) is 11.3 Å². The fourth-order valence-corrected chi connectivity index (χ4v) is 3.94. The predicted octanol–water partition coefficient (Wildman–Crippen LogP) is 2.88. The van der Waals surface area contributed by atoms with E-state index in [1.807, 2.05) is 0 Å². The Morgan fingerprint density at radius 3 is 2.91 bits per heavy atom. The van der Waals surface area contributed by atoms with Gasteiger partial charge in [0.25, 0.3) is 0 Å². The highest BCUT2D eigenvalue weighted by Crippen LogP contribution is 2.26. The van der Waals surface area contributed by atoms with Gasteiger partial charge in [-0.2, -0.15) is 0 Å². The van der Waals surface area contributed by atoms with Crippen LogP contribution in [-0.4, -0.2) is 36.4 Å². The van der Waals surface area contributed by atoms with Crippen molar-refractivity contribution < 1.29 is 14.6 Å². The molecule has 124 valence electrons. The number of aliphatic hydroxyl groups is 1. The lowest BCUT2D eigenvalue weighted by atomic mass is 9.94. The zero-order valence-electron chi connectivity index (χ0n) is 13.2. The lowest BCUT2D eigenvalue weighted by Crippen LogP contribution is -2.46. The standard InChI is InChI=1S/C18H23NO3S/c20-17(19-13-18(21)8-10-22-11-9-18)7-3-4-14-12-23-16-6-2-1-5-15(14)16/h1-2,5-6,12,21H,3-4,7-11,13H2,(H,19,20). The number of amides is 1. The van der Waals surface area contributed by atoms with Crippen LogP contribution in [0.4, 0.5) is 0 Å². The van der Waals surface area contributed by atoms with Gasteiger partial charge in [0, 0.05) is 43.7 Å². The van der Waals surface area contributed by atoms with Crippen LogP contribution in [0.1, 0.15) is 31.2 Å². The van der Waals surface area contributed by atoms with Crippen molar-refractivity contribution in [2.75, 3.05) is 19.8 Å². The van der Waals surface area contributed by atoms with Crippen LogP contribution < -0.4 is 5.32 Å². The van der Waals surface area contributed by atoms with Crippen molar-refractivity contribution in [3.8, 4) is 0 Å². The highest BCUT2D eigenvalue weighted by Gasteiger charge is 2.29. The summed E-state index contributed by atoms with van der Waals surface area (Å²) in [4.78, 5) is 12.0. The van der Waals surface area contributed by atoms with Crippen molar-refractivity contribution in [3.63, 3.8) is 0 Å². The summed E-state index contributed by atoms with van der Waals surface area (Å²) in [6, 6.07) is 8.38. The molecule has 1 aromatic heterocycles. The third-order valence-electron chi connectivity index (χ3n) is 4.45. The summed E-state index contributed by atoms with van der Waals surface area (Å²) in [6.07, 6.45) is 3.42. The van der Waals surface area contributed by atoms with Gasteiger partial charge < -0.3 is 15.2 Å². The molecule has 1 saturated heterocycles. The summed E-state index contributed by atoms with van der Waals surface area (Å²) in [5.74, 6) is 0.0180. The quantitative estimate of drug-likeness (QED) is 0.854. The summed E-state index contributed by atoms with van der Waals surface area (Å²) in [6.45, 7) is 1.46. The van der Waals surface area contributed by atoms with Gasteiger partial charge in [-0.05, 0) is 35.2 Å².